The van der Waals surface area contributed by atoms with Crippen molar-refractivity contribution in [2.75, 3.05) is 26.4 Å². The van der Waals surface area contributed by atoms with Crippen LogP contribution in [0.4, 0.5) is 0 Å². The topological polar surface area (TPSA) is 65.3 Å². The minimum absolute atomic E-state index is 0.282. The quantitative estimate of drug-likeness (QED) is 0.764. The van der Waals surface area contributed by atoms with Crippen molar-refractivity contribution in [2.24, 2.45) is 0 Å². The lowest BCUT2D eigenvalue weighted by molar-refractivity contribution is 0.110. The largest absolute Gasteiger partial charge is 0.462 e. The highest BCUT2D eigenvalue weighted by atomic mass is 16.5. The second-order valence-electron chi connectivity index (χ2n) is 6.95. The maximum Gasteiger partial charge on any atom is 0.316 e. The maximum absolute atomic E-state index is 5.91. The van der Waals surface area contributed by atoms with E-state index in [1.54, 1.807) is 12.4 Å². The SMILES string of the molecule is Cc1cnc(OC[C@@H]2CCn3nccc3CN2CC2=CCCOC2)nc1. The Kier molecular flexibility index (Phi) is 5.26. The Morgan fingerprint density at radius 2 is 2.19 bits per heavy atom. The first-order valence-corrected chi connectivity index (χ1v) is 9.20. The van der Waals surface area contributed by atoms with Crippen molar-refractivity contribution in [2.45, 2.75) is 38.9 Å². The molecule has 0 fully saturated rings. The van der Waals surface area contributed by atoms with Crippen LogP contribution in [-0.2, 0) is 17.8 Å². The fraction of sp³-hybridized carbons (Fsp3) is 0.526. The third-order valence-corrected chi connectivity index (χ3v) is 4.91. The van der Waals surface area contributed by atoms with Gasteiger partial charge < -0.3 is 9.47 Å². The van der Waals surface area contributed by atoms with Crippen molar-refractivity contribution in [3.05, 3.63) is 47.6 Å². The number of aromatic nitrogens is 4. The molecular formula is C19H25N5O2. The number of fused-ring (bicyclic) bond motifs is 1. The second kappa shape index (κ2) is 7.97. The molecule has 26 heavy (non-hydrogen) atoms. The van der Waals surface area contributed by atoms with Crippen LogP contribution >= 0.6 is 0 Å². The molecule has 0 aromatic carbocycles. The molecule has 2 aromatic heterocycles. The number of hydrogen-bond acceptors (Lipinski definition) is 6. The number of ether oxygens (including phenoxy) is 2. The third-order valence-electron chi connectivity index (χ3n) is 4.91. The molecule has 2 aliphatic rings. The van der Waals surface area contributed by atoms with E-state index in [9.17, 15) is 0 Å². The van der Waals surface area contributed by atoms with Crippen molar-refractivity contribution in [1.82, 2.24) is 24.6 Å². The van der Waals surface area contributed by atoms with Crippen LogP contribution in [0.5, 0.6) is 6.01 Å². The second-order valence-corrected chi connectivity index (χ2v) is 6.95. The Balaban J connectivity index is 1.47. The van der Waals surface area contributed by atoms with Crippen LogP contribution in [-0.4, -0.2) is 57.1 Å². The van der Waals surface area contributed by atoms with Gasteiger partial charge in [0.2, 0.25) is 0 Å². The Morgan fingerprint density at radius 1 is 1.31 bits per heavy atom. The van der Waals surface area contributed by atoms with E-state index in [0.29, 0.717) is 12.6 Å². The van der Waals surface area contributed by atoms with E-state index >= 15 is 0 Å². The molecule has 0 saturated carbocycles. The van der Waals surface area contributed by atoms with E-state index in [1.807, 2.05) is 13.1 Å². The zero-order valence-electron chi connectivity index (χ0n) is 15.2. The molecule has 0 unspecified atom stereocenters. The standard InChI is InChI=1S/C19H25N5O2/c1-15-9-20-19(21-10-15)26-14-18-5-7-24-17(4-6-22-24)12-23(18)11-16-3-2-8-25-13-16/h3-4,6,9-10,18H,2,5,7-8,11-14H2,1H3/t18-/m0/s1. The summed E-state index contributed by atoms with van der Waals surface area (Å²) < 4.78 is 13.6. The fourth-order valence-electron chi connectivity index (χ4n) is 3.47. The maximum atomic E-state index is 5.91. The van der Waals surface area contributed by atoms with Gasteiger partial charge in [-0.15, -0.1) is 0 Å². The monoisotopic (exact) mass is 355 g/mol. The van der Waals surface area contributed by atoms with Gasteiger partial charge in [0, 0.05) is 44.3 Å². The zero-order valence-corrected chi connectivity index (χ0v) is 15.2. The molecule has 138 valence electrons. The van der Waals surface area contributed by atoms with E-state index in [0.717, 1.165) is 51.3 Å². The molecule has 4 heterocycles. The predicted octanol–water partition coefficient (Wildman–Crippen LogP) is 1.98. The Labute approximate surface area is 153 Å². The molecule has 7 heteroatoms. The summed E-state index contributed by atoms with van der Waals surface area (Å²) in [5.41, 5.74) is 3.63. The molecule has 2 aliphatic heterocycles. The zero-order chi connectivity index (χ0) is 17.8. The van der Waals surface area contributed by atoms with Gasteiger partial charge in [0.05, 0.1) is 18.9 Å². The molecule has 0 bridgehead atoms. The number of aryl methyl sites for hydroxylation is 2. The molecule has 7 nitrogen and oxygen atoms in total. The van der Waals surface area contributed by atoms with Gasteiger partial charge in [-0.2, -0.15) is 5.10 Å². The van der Waals surface area contributed by atoms with Crippen molar-refractivity contribution in [1.29, 1.82) is 0 Å². The van der Waals surface area contributed by atoms with Crippen molar-refractivity contribution < 1.29 is 9.47 Å². The first-order chi connectivity index (χ1) is 12.8. The highest BCUT2D eigenvalue weighted by Crippen LogP contribution is 2.20. The summed E-state index contributed by atoms with van der Waals surface area (Å²) in [6, 6.07) is 2.83. The molecule has 0 saturated heterocycles. The lowest BCUT2D eigenvalue weighted by atomic mass is 10.1. The van der Waals surface area contributed by atoms with E-state index in [-0.39, 0.29) is 6.04 Å². The molecule has 0 spiro atoms. The molecule has 4 rings (SSSR count). The summed E-state index contributed by atoms with van der Waals surface area (Å²) in [5, 5.41) is 4.45. The van der Waals surface area contributed by atoms with Gasteiger partial charge in [-0.1, -0.05) is 6.08 Å². The van der Waals surface area contributed by atoms with E-state index in [4.69, 9.17) is 9.47 Å². The third kappa shape index (κ3) is 4.11. The fourth-order valence-corrected chi connectivity index (χ4v) is 3.47. The smallest absolute Gasteiger partial charge is 0.316 e. The summed E-state index contributed by atoms with van der Waals surface area (Å²) in [6.07, 6.45) is 9.74. The van der Waals surface area contributed by atoms with Crippen molar-refractivity contribution in [3.63, 3.8) is 0 Å². The summed E-state index contributed by atoms with van der Waals surface area (Å²) >= 11 is 0. The number of nitrogens with zero attached hydrogens (tertiary/aromatic N) is 5. The predicted molar refractivity (Wildman–Crippen MR) is 96.8 cm³/mol. The van der Waals surface area contributed by atoms with Crippen LogP contribution in [0.15, 0.2) is 36.3 Å². The van der Waals surface area contributed by atoms with Gasteiger partial charge in [-0.05, 0) is 37.0 Å². The Bertz CT molecular complexity index is 756. The van der Waals surface area contributed by atoms with Gasteiger partial charge in [-0.3, -0.25) is 9.58 Å². The molecule has 0 N–H and O–H groups in total. The summed E-state index contributed by atoms with van der Waals surface area (Å²) in [4.78, 5) is 11.0. The molecule has 0 radical (unpaired) electrons. The van der Waals surface area contributed by atoms with Gasteiger partial charge >= 0.3 is 6.01 Å². The molecular weight excluding hydrogens is 330 g/mol. The number of rotatable bonds is 5. The average molecular weight is 355 g/mol. The van der Waals surface area contributed by atoms with Gasteiger partial charge in [0.25, 0.3) is 0 Å². The van der Waals surface area contributed by atoms with E-state index in [1.165, 1.54) is 11.3 Å². The van der Waals surface area contributed by atoms with Gasteiger partial charge in [0.1, 0.15) is 6.61 Å². The van der Waals surface area contributed by atoms with Crippen LogP contribution in [0.1, 0.15) is 24.1 Å². The van der Waals surface area contributed by atoms with Crippen molar-refractivity contribution >= 4 is 0 Å². The van der Waals surface area contributed by atoms with Crippen molar-refractivity contribution in [3.8, 4) is 6.01 Å². The minimum atomic E-state index is 0.282. The minimum Gasteiger partial charge on any atom is -0.462 e. The first kappa shape index (κ1) is 17.2. The van der Waals surface area contributed by atoms with Crippen LogP contribution in [0.3, 0.4) is 0 Å². The van der Waals surface area contributed by atoms with Crippen LogP contribution in [0.25, 0.3) is 0 Å². The molecule has 1 atom stereocenters. The molecule has 2 aromatic rings. The van der Waals surface area contributed by atoms with E-state index < -0.39 is 0 Å². The summed E-state index contributed by atoms with van der Waals surface area (Å²) in [6.45, 7) is 6.75. The van der Waals surface area contributed by atoms with Crippen LogP contribution in [0, 0.1) is 6.92 Å². The van der Waals surface area contributed by atoms with Gasteiger partial charge in [-0.25, -0.2) is 9.97 Å². The van der Waals surface area contributed by atoms with Crippen LogP contribution in [0.2, 0.25) is 0 Å². The average Bonchev–Trinajstić information content (AvgIpc) is 3.04. The summed E-state index contributed by atoms with van der Waals surface area (Å²) in [5.74, 6) is 0. The lowest BCUT2D eigenvalue weighted by Gasteiger charge is -2.30. The van der Waals surface area contributed by atoms with Gasteiger partial charge in [0.15, 0.2) is 0 Å². The molecule has 0 aliphatic carbocycles. The lowest BCUT2D eigenvalue weighted by Crippen LogP contribution is -2.40. The summed E-state index contributed by atoms with van der Waals surface area (Å²) in [7, 11) is 0. The highest BCUT2D eigenvalue weighted by Gasteiger charge is 2.26. The Morgan fingerprint density at radius 3 is 3.00 bits per heavy atom. The van der Waals surface area contributed by atoms with Crippen LogP contribution < -0.4 is 4.74 Å². The highest BCUT2D eigenvalue weighted by molar-refractivity contribution is 5.10. The normalized spacial score (nSPS) is 21.0. The van der Waals surface area contributed by atoms with E-state index in [2.05, 4.69) is 36.8 Å². The number of hydrogen-bond donors (Lipinski definition) is 0. The first-order valence-electron chi connectivity index (χ1n) is 9.20. The Hall–Kier alpha value is -2.25. The molecule has 0 amide bonds.